The summed E-state index contributed by atoms with van der Waals surface area (Å²) in [6.45, 7) is 2.29. The Morgan fingerprint density at radius 1 is 1.08 bits per heavy atom. The van der Waals surface area contributed by atoms with Crippen LogP contribution in [-0.4, -0.2) is 19.7 Å². The van der Waals surface area contributed by atoms with Crippen LogP contribution in [0.2, 0.25) is 0 Å². The third-order valence-corrected chi connectivity index (χ3v) is 5.53. The first kappa shape index (κ1) is 17.8. The molecule has 0 N–H and O–H groups in total. The van der Waals surface area contributed by atoms with Crippen LogP contribution in [0.1, 0.15) is 57.4 Å². The van der Waals surface area contributed by atoms with Crippen molar-refractivity contribution in [1.29, 1.82) is 0 Å². The zero-order chi connectivity index (χ0) is 17.7. The van der Waals surface area contributed by atoms with Crippen molar-refractivity contribution in [2.45, 2.75) is 57.3 Å². The number of ether oxygens (including phenoxy) is 2. The third-order valence-electron chi connectivity index (χ3n) is 5.53. The van der Waals surface area contributed by atoms with E-state index >= 15 is 0 Å². The number of carbonyl (C=O) groups excluding carboxylic acids is 1. The Balaban J connectivity index is 1.89. The summed E-state index contributed by atoms with van der Waals surface area (Å²) in [6, 6.07) is 7.88. The first-order valence-corrected chi connectivity index (χ1v) is 9.40. The monoisotopic (exact) mass is 340 g/mol. The zero-order valence-electron chi connectivity index (χ0n) is 15.3. The van der Waals surface area contributed by atoms with Crippen molar-refractivity contribution in [3.8, 4) is 5.75 Å². The van der Waals surface area contributed by atoms with E-state index in [0.29, 0.717) is 13.0 Å². The van der Waals surface area contributed by atoms with Gasteiger partial charge in [-0.2, -0.15) is 0 Å². The van der Waals surface area contributed by atoms with Gasteiger partial charge in [-0.15, -0.1) is 0 Å². The molecule has 1 aromatic rings. The molecule has 1 unspecified atom stereocenters. The van der Waals surface area contributed by atoms with Crippen molar-refractivity contribution in [2.75, 3.05) is 13.7 Å². The summed E-state index contributed by atoms with van der Waals surface area (Å²) >= 11 is 0. The van der Waals surface area contributed by atoms with Crippen LogP contribution in [0, 0.1) is 0 Å². The zero-order valence-corrected chi connectivity index (χ0v) is 15.3. The minimum atomic E-state index is -0.568. The Morgan fingerprint density at radius 3 is 2.40 bits per heavy atom. The van der Waals surface area contributed by atoms with Crippen molar-refractivity contribution in [3.63, 3.8) is 0 Å². The standard InChI is InChI=1S/C22H28O3/c1-3-25-21(23)22(19-9-11-20(24-2)12-10-19)15-13-18(14-16-22)17-7-5-4-6-8-17/h7,9-13H,3-6,8,14-16H2,1-2H3. The molecule has 134 valence electrons. The SMILES string of the molecule is CCOC(=O)C1(c2ccc(OC)cc2)CC=C(C2=CCCCC2)CC1. The Kier molecular flexibility index (Phi) is 5.62. The van der Waals surface area contributed by atoms with E-state index in [1.807, 2.05) is 31.2 Å². The molecule has 2 aliphatic rings. The van der Waals surface area contributed by atoms with E-state index in [-0.39, 0.29) is 5.97 Å². The summed E-state index contributed by atoms with van der Waals surface area (Å²) in [5.74, 6) is 0.704. The summed E-state index contributed by atoms with van der Waals surface area (Å²) < 4.78 is 10.7. The fourth-order valence-corrected chi connectivity index (χ4v) is 4.02. The van der Waals surface area contributed by atoms with E-state index < -0.39 is 5.41 Å². The summed E-state index contributed by atoms with van der Waals surface area (Å²) in [6.07, 6.45) is 12.1. The average molecular weight is 340 g/mol. The number of allylic oxidation sites excluding steroid dienone is 4. The second-order valence-corrected chi connectivity index (χ2v) is 6.94. The van der Waals surface area contributed by atoms with Gasteiger partial charge >= 0.3 is 5.97 Å². The normalized spacial score (nSPS) is 23.4. The van der Waals surface area contributed by atoms with Crippen LogP contribution in [0.3, 0.4) is 0 Å². The lowest BCUT2D eigenvalue weighted by atomic mass is 9.69. The number of methoxy groups -OCH3 is 1. The van der Waals surface area contributed by atoms with E-state index in [9.17, 15) is 4.79 Å². The first-order valence-electron chi connectivity index (χ1n) is 9.40. The Hall–Kier alpha value is -2.03. The molecule has 0 amide bonds. The molecule has 0 fully saturated rings. The van der Waals surface area contributed by atoms with Crippen LogP contribution < -0.4 is 4.74 Å². The topological polar surface area (TPSA) is 35.5 Å². The van der Waals surface area contributed by atoms with Crippen LogP contribution in [0.4, 0.5) is 0 Å². The molecule has 0 heterocycles. The number of hydrogen-bond acceptors (Lipinski definition) is 3. The minimum Gasteiger partial charge on any atom is -0.497 e. The van der Waals surface area contributed by atoms with Crippen LogP contribution >= 0.6 is 0 Å². The number of hydrogen-bond donors (Lipinski definition) is 0. The molecule has 0 bridgehead atoms. The molecule has 0 saturated heterocycles. The molecule has 25 heavy (non-hydrogen) atoms. The molecule has 1 atom stereocenters. The van der Waals surface area contributed by atoms with Crippen LogP contribution in [-0.2, 0) is 14.9 Å². The van der Waals surface area contributed by atoms with Crippen LogP contribution in [0.5, 0.6) is 5.75 Å². The van der Waals surface area contributed by atoms with Crippen molar-refractivity contribution >= 4 is 5.97 Å². The molecule has 3 rings (SSSR count). The van der Waals surface area contributed by atoms with Gasteiger partial charge in [-0.3, -0.25) is 4.79 Å². The van der Waals surface area contributed by atoms with E-state index in [2.05, 4.69) is 12.2 Å². The van der Waals surface area contributed by atoms with E-state index in [1.165, 1.54) is 36.8 Å². The van der Waals surface area contributed by atoms with E-state index in [0.717, 1.165) is 24.2 Å². The maximum Gasteiger partial charge on any atom is 0.316 e. The number of benzene rings is 1. The Labute approximate surface area is 150 Å². The van der Waals surface area contributed by atoms with Crippen molar-refractivity contribution in [2.24, 2.45) is 0 Å². The van der Waals surface area contributed by atoms with Gasteiger partial charge in [0.2, 0.25) is 0 Å². The lowest BCUT2D eigenvalue weighted by Gasteiger charge is -2.35. The number of rotatable bonds is 5. The highest BCUT2D eigenvalue weighted by Crippen LogP contribution is 2.43. The van der Waals surface area contributed by atoms with Gasteiger partial charge in [-0.25, -0.2) is 0 Å². The quantitative estimate of drug-likeness (QED) is 0.699. The molecule has 0 spiro atoms. The van der Waals surface area contributed by atoms with E-state index in [4.69, 9.17) is 9.47 Å². The van der Waals surface area contributed by atoms with Gasteiger partial charge in [-0.05, 0) is 80.7 Å². The van der Waals surface area contributed by atoms with Gasteiger partial charge in [0.05, 0.1) is 19.1 Å². The fourth-order valence-electron chi connectivity index (χ4n) is 4.02. The van der Waals surface area contributed by atoms with Crippen LogP contribution in [0.15, 0.2) is 47.6 Å². The molecular weight excluding hydrogens is 312 g/mol. The Bertz CT molecular complexity index is 669. The maximum absolute atomic E-state index is 12.9. The second-order valence-electron chi connectivity index (χ2n) is 6.94. The lowest BCUT2D eigenvalue weighted by Crippen LogP contribution is -2.39. The number of esters is 1. The molecule has 0 radical (unpaired) electrons. The van der Waals surface area contributed by atoms with Gasteiger partial charge in [0, 0.05) is 0 Å². The molecule has 0 aliphatic heterocycles. The Morgan fingerprint density at radius 2 is 1.84 bits per heavy atom. The average Bonchev–Trinajstić information content (AvgIpc) is 2.69. The highest BCUT2D eigenvalue weighted by molar-refractivity contribution is 5.84. The highest BCUT2D eigenvalue weighted by atomic mass is 16.5. The summed E-state index contributed by atoms with van der Waals surface area (Å²) in [4.78, 5) is 12.9. The van der Waals surface area contributed by atoms with Crippen molar-refractivity contribution in [1.82, 2.24) is 0 Å². The molecule has 3 nitrogen and oxygen atoms in total. The van der Waals surface area contributed by atoms with Gasteiger partial charge < -0.3 is 9.47 Å². The smallest absolute Gasteiger partial charge is 0.316 e. The second kappa shape index (κ2) is 7.90. The highest BCUT2D eigenvalue weighted by Gasteiger charge is 2.42. The van der Waals surface area contributed by atoms with Gasteiger partial charge in [0.15, 0.2) is 0 Å². The van der Waals surface area contributed by atoms with Gasteiger partial charge in [0.25, 0.3) is 0 Å². The molecule has 1 aromatic carbocycles. The van der Waals surface area contributed by atoms with Gasteiger partial charge in [0.1, 0.15) is 5.75 Å². The van der Waals surface area contributed by atoms with Crippen molar-refractivity contribution < 1.29 is 14.3 Å². The minimum absolute atomic E-state index is 0.104. The largest absolute Gasteiger partial charge is 0.497 e. The molecule has 2 aliphatic carbocycles. The summed E-state index contributed by atoms with van der Waals surface area (Å²) in [5.41, 5.74) is 3.40. The van der Waals surface area contributed by atoms with Gasteiger partial charge in [-0.1, -0.05) is 24.3 Å². The lowest BCUT2D eigenvalue weighted by molar-refractivity contribution is -0.150. The molecule has 0 saturated carbocycles. The molecule has 0 aromatic heterocycles. The maximum atomic E-state index is 12.9. The third kappa shape index (κ3) is 3.65. The molecule has 3 heteroatoms. The van der Waals surface area contributed by atoms with E-state index in [1.54, 1.807) is 7.11 Å². The van der Waals surface area contributed by atoms with Crippen molar-refractivity contribution in [3.05, 3.63) is 53.1 Å². The predicted molar refractivity (Wildman–Crippen MR) is 99.8 cm³/mol. The molecular formula is C22H28O3. The predicted octanol–water partition coefficient (Wildman–Crippen LogP) is 5.11. The first-order chi connectivity index (χ1) is 12.2. The fraction of sp³-hybridized carbons (Fsp3) is 0.500. The van der Waals surface area contributed by atoms with Crippen LogP contribution in [0.25, 0.3) is 0 Å². The number of carbonyl (C=O) groups is 1. The summed E-state index contributed by atoms with van der Waals surface area (Å²) in [5, 5.41) is 0. The summed E-state index contributed by atoms with van der Waals surface area (Å²) in [7, 11) is 1.66.